The Kier molecular flexibility index (Phi) is 5.35. The molecule has 0 amide bonds. The summed E-state index contributed by atoms with van der Waals surface area (Å²) in [6.07, 6.45) is 1.06. The molecule has 0 saturated heterocycles. The minimum atomic E-state index is -0.488. The molecule has 0 aliphatic carbocycles. The van der Waals surface area contributed by atoms with E-state index in [1.54, 1.807) is 0 Å². The molecule has 100 valence electrons. The fourth-order valence-corrected chi connectivity index (χ4v) is 1.76. The van der Waals surface area contributed by atoms with E-state index in [-0.39, 0.29) is 5.97 Å². The van der Waals surface area contributed by atoms with Gasteiger partial charge in [0.1, 0.15) is 0 Å². The van der Waals surface area contributed by atoms with Gasteiger partial charge in [0.15, 0.2) is 0 Å². The third-order valence-electron chi connectivity index (χ3n) is 3.07. The number of carbonyl (C=O) groups excluding carboxylic acids is 1. The van der Waals surface area contributed by atoms with Crippen molar-refractivity contribution >= 4 is 5.97 Å². The maximum Gasteiger partial charge on any atom is 0.312 e. The van der Waals surface area contributed by atoms with E-state index in [0.29, 0.717) is 6.54 Å². The summed E-state index contributed by atoms with van der Waals surface area (Å²) < 4.78 is 4.77. The van der Waals surface area contributed by atoms with E-state index in [0.717, 1.165) is 13.0 Å². The maximum absolute atomic E-state index is 11.5. The molecule has 0 unspecified atom stereocenters. The van der Waals surface area contributed by atoms with Gasteiger partial charge in [-0.2, -0.15) is 0 Å². The van der Waals surface area contributed by atoms with Gasteiger partial charge in [-0.05, 0) is 31.4 Å². The van der Waals surface area contributed by atoms with E-state index in [1.807, 2.05) is 13.8 Å². The normalized spacial score (nSPS) is 11.3. The lowest BCUT2D eigenvalue weighted by atomic mass is 9.93. The maximum atomic E-state index is 11.5. The minimum Gasteiger partial charge on any atom is -0.469 e. The molecule has 0 bridgehead atoms. The highest BCUT2D eigenvalue weighted by molar-refractivity contribution is 5.76. The molecule has 1 aromatic rings. The molecule has 0 radical (unpaired) electrons. The fourth-order valence-electron chi connectivity index (χ4n) is 1.76. The van der Waals surface area contributed by atoms with E-state index >= 15 is 0 Å². The van der Waals surface area contributed by atoms with Crippen molar-refractivity contribution in [3.8, 4) is 0 Å². The van der Waals surface area contributed by atoms with Crippen LogP contribution in [0.4, 0.5) is 0 Å². The first-order valence-electron chi connectivity index (χ1n) is 6.36. The van der Waals surface area contributed by atoms with Gasteiger partial charge in [-0.1, -0.05) is 31.2 Å². The quantitative estimate of drug-likeness (QED) is 0.787. The molecule has 0 spiro atoms. The summed E-state index contributed by atoms with van der Waals surface area (Å²) in [5.41, 5.74) is 2.08. The first-order valence-corrected chi connectivity index (χ1v) is 6.36. The van der Waals surface area contributed by atoms with Crippen LogP contribution in [0.2, 0.25) is 0 Å². The second-order valence-corrected chi connectivity index (χ2v) is 5.15. The molecule has 0 fully saturated rings. The Labute approximate surface area is 110 Å². The van der Waals surface area contributed by atoms with E-state index < -0.39 is 5.41 Å². The largest absolute Gasteiger partial charge is 0.469 e. The highest BCUT2D eigenvalue weighted by atomic mass is 16.5. The monoisotopic (exact) mass is 249 g/mol. The number of esters is 1. The van der Waals surface area contributed by atoms with Crippen LogP contribution in [0.25, 0.3) is 0 Å². The highest BCUT2D eigenvalue weighted by Crippen LogP contribution is 2.15. The summed E-state index contributed by atoms with van der Waals surface area (Å²) in [6, 6.07) is 8.53. The van der Waals surface area contributed by atoms with Crippen LogP contribution in [0.15, 0.2) is 24.3 Å². The lowest BCUT2D eigenvalue weighted by molar-refractivity contribution is -0.150. The fraction of sp³-hybridized carbons (Fsp3) is 0.533. The average Bonchev–Trinajstić information content (AvgIpc) is 2.38. The molecular formula is C15H23NO2. The topological polar surface area (TPSA) is 38.3 Å². The van der Waals surface area contributed by atoms with E-state index in [4.69, 9.17) is 4.74 Å². The summed E-state index contributed by atoms with van der Waals surface area (Å²) >= 11 is 0. The molecule has 1 aromatic carbocycles. The Hall–Kier alpha value is -1.35. The SMILES string of the molecule is CCc1ccc(CNCC(C)(C)C(=O)OC)cc1. The molecule has 1 rings (SSSR count). The van der Waals surface area contributed by atoms with Crippen molar-refractivity contribution in [2.45, 2.75) is 33.7 Å². The van der Waals surface area contributed by atoms with Gasteiger partial charge in [-0.3, -0.25) is 4.79 Å². The van der Waals surface area contributed by atoms with Crippen molar-refractivity contribution in [2.24, 2.45) is 5.41 Å². The second-order valence-electron chi connectivity index (χ2n) is 5.15. The van der Waals surface area contributed by atoms with Crippen molar-refractivity contribution in [1.82, 2.24) is 5.32 Å². The van der Waals surface area contributed by atoms with Crippen molar-refractivity contribution in [3.05, 3.63) is 35.4 Å². The lowest BCUT2D eigenvalue weighted by Crippen LogP contribution is -2.36. The minimum absolute atomic E-state index is 0.184. The molecule has 0 aliphatic heterocycles. The molecule has 18 heavy (non-hydrogen) atoms. The molecule has 0 heterocycles. The predicted molar refractivity (Wildman–Crippen MR) is 73.3 cm³/mol. The number of rotatable bonds is 6. The zero-order chi connectivity index (χ0) is 13.6. The van der Waals surface area contributed by atoms with Gasteiger partial charge in [-0.25, -0.2) is 0 Å². The number of methoxy groups -OCH3 is 1. The molecule has 3 nitrogen and oxygen atoms in total. The first kappa shape index (κ1) is 14.7. The molecule has 0 saturated carbocycles. The van der Waals surface area contributed by atoms with Crippen LogP contribution in [0, 0.1) is 5.41 Å². The molecule has 1 N–H and O–H groups in total. The Morgan fingerprint density at radius 2 is 1.78 bits per heavy atom. The summed E-state index contributed by atoms with van der Waals surface area (Å²) in [4.78, 5) is 11.5. The van der Waals surface area contributed by atoms with E-state index in [9.17, 15) is 4.79 Å². The van der Waals surface area contributed by atoms with Gasteiger partial charge in [0, 0.05) is 13.1 Å². The predicted octanol–water partition coefficient (Wildman–Crippen LogP) is 2.54. The van der Waals surface area contributed by atoms with Crippen LogP contribution in [0.5, 0.6) is 0 Å². The number of ether oxygens (including phenoxy) is 1. The van der Waals surface area contributed by atoms with Gasteiger partial charge in [0.25, 0.3) is 0 Å². The molecule has 3 heteroatoms. The van der Waals surface area contributed by atoms with Crippen molar-refractivity contribution in [3.63, 3.8) is 0 Å². The van der Waals surface area contributed by atoms with Crippen LogP contribution in [-0.2, 0) is 22.5 Å². The number of benzene rings is 1. The van der Waals surface area contributed by atoms with Crippen LogP contribution < -0.4 is 5.32 Å². The highest BCUT2D eigenvalue weighted by Gasteiger charge is 2.27. The van der Waals surface area contributed by atoms with Crippen LogP contribution in [0.3, 0.4) is 0 Å². The zero-order valence-corrected chi connectivity index (χ0v) is 11.7. The lowest BCUT2D eigenvalue weighted by Gasteiger charge is -2.21. The van der Waals surface area contributed by atoms with Crippen molar-refractivity contribution in [2.75, 3.05) is 13.7 Å². The Morgan fingerprint density at radius 3 is 2.28 bits per heavy atom. The van der Waals surface area contributed by atoms with Crippen LogP contribution in [-0.4, -0.2) is 19.6 Å². The van der Waals surface area contributed by atoms with Gasteiger partial charge < -0.3 is 10.1 Å². The Balaban J connectivity index is 2.43. The number of nitrogens with one attached hydrogen (secondary N) is 1. The van der Waals surface area contributed by atoms with Gasteiger partial charge >= 0.3 is 5.97 Å². The summed E-state index contributed by atoms with van der Waals surface area (Å²) in [6.45, 7) is 7.28. The average molecular weight is 249 g/mol. The first-order chi connectivity index (χ1) is 8.49. The summed E-state index contributed by atoms with van der Waals surface area (Å²) in [5.74, 6) is -0.184. The number of aryl methyl sites for hydroxylation is 1. The van der Waals surface area contributed by atoms with Crippen molar-refractivity contribution in [1.29, 1.82) is 0 Å². The third-order valence-corrected chi connectivity index (χ3v) is 3.07. The van der Waals surface area contributed by atoms with Crippen molar-refractivity contribution < 1.29 is 9.53 Å². The van der Waals surface area contributed by atoms with Crippen LogP contribution >= 0.6 is 0 Å². The Morgan fingerprint density at radius 1 is 1.22 bits per heavy atom. The molecule has 0 aromatic heterocycles. The van der Waals surface area contributed by atoms with Crippen LogP contribution in [0.1, 0.15) is 31.9 Å². The summed E-state index contributed by atoms with van der Waals surface area (Å²) in [5, 5.41) is 3.29. The number of hydrogen-bond donors (Lipinski definition) is 1. The number of hydrogen-bond acceptors (Lipinski definition) is 3. The molecule has 0 aliphatic rings. The smallest absolute Gasteiger partial charge is 0.312 e. The van der Waals surface area contributed by atoms with E-state index in [1.165, 1.54) is 18.2 Å². The Bertz CT molecular complexity index is 382. The molecular weight excluding hydrogens is 226 g/mol. The van der Waals surface area contributed by atoms with Gasteiger partial charge in [0.2, 0.25) is 0 Å². The second kappa shape index (κ2) is 6.55. The third kappa shape index (κ3) is 4.15. The summed E-state index contributed by atoms with van der Waals surface area (Å²) in [7, 11) is 1.42. The van der Waals surface area contributed by atoms with E-state index in [2.05, 4.69) is 36.5 Å². The number of carbonyl (C=O) groups is 1. The molecule has 0 atom stereocenters. The zero-order valence-electron chi connectivity index (χ0n) is 11.7. The standard InChI is InChI=1S/C15H23NO2/c1-5-12-6-8-13(9-7-12)10-16-11-15(2,3)14(17)18-4/h6-9,16H,5,10-11H2,1-4H3. The van der Waals surface area contributed by atoms with Gasteiger partial charge in [0.05, 0.1) is 12.5 Å². The van der Waals surface area contributed by atoms with Gasteiger partial charge in [-0.15, -0.1) is 0 Å².